The third kappa shape index (κ3) is 4.32. The van der Waals surface area contributed by atoms with E-state index in [9.17, 15) is 0 Å². The van der Waals surface area contributed by atoms with Crippen LogP contribution in [0.1, 0.15) is 47.5 Å². The van der Waals surface area contributed by atoms with Gasteiger partial charge < -0.3 is 0 Å². The summed E-state index contributed by atoms with van der Waals surface area (Å²) in [7, 11) is 1.89. The molecule has 14 heavy (non-hydrogen) atoms. The SMILES string of the molecule is CC/C(C)=C(/CC)S/C(=N\C)C(C)C. The van der Waals surface area contributed by atoms with E-state index in [2.05, 4.69) is 39.6 Å². The molecule has 0 spiro atoms. The molecule has 0 atom stereocenters. The predicted octanol–water partition coefficient (Wildman–Crippen LogP) is 4.50. The van der Waals surface area contributed by atoms with Crippen molar-refractivity contribution >= 4 is 16.8 Å². The number of hydrogen-bond donors (Lipinski definition) is 0. The molecule has 0 saturated carbocycles. The number of aliphatic imine (C=N–C) groups is 1. The van der Waals surface area contributed by atoms with Crippen LogP contribution < -0.4 is 0 Å². The third-order valence-corrected chi connectivity index (χ3v) is 4.02. The molecule has 0 aliphatic carbocycles. The average Bonchev–Trinajstić information content (AvgIpc) is 2.18. The second-order valence-electron chi connectivity index (χ2n) is 3.73. The van der Waals surface area contributed by atoms with E-state index in [1.165, 1.54) is 15.5 Å². The van der Waals surface area contributed by atoms with Gasteiger partial charge in [0.15, 0.2) is 0 Å². The molecular formula is C12H23NS. The summed E-state index contributed by atoms with van der Waals surface area (Å²) >= 11 is 1.86. The van der Waals surface area contributed by atoms with Crippen molar-refractivity contribution in [3.8, 4) is 0 Å². The second kappa shape index (κ2) is 7.10. The minimum Gasteiger partial charge on any atom is -0.286 e. The summed E-state index contributed by atoms with van der Waals surface area (Å²) in [4.78, 5) is 5.83. The van der Waals surface area contributed by atoms with Crippen LogP contribution in [0.4, 0.5) is 0 Å². The number of allylic oxidation sites excluding steroid dienone is 2. The van der Waals surface area contributed by atoms with Crippen molar-refractivity contribution in [2.24, 2.45) is 10.9 Å². The van der Waals surface area contributed by atoms with Crippen LogP contribution in [0, 0.1) is 5.92 Å². The van der Waals surface area contributed by atoms with E-state index in [-0.39, 0.29) is 0 Å². The van der Waals surface area contributed by atoms with Gasteiger partial charge in [0, 0.05) is 13.0 Å². The van der Waals surface area contributed by atoms with E-state index in [1.54, 1.807) is 0 Å². The molecule has 0 rings (SSSR count). The van der Waals surface area contributed by atoms with Gasteiger partial charge in [-0.1, -0.05) is 45.0 Å². The maximum Gasteiger partial charge on any atom is 0.0742 e. The van der Waals surface area contributed by atoms with Gasteiger partial charge in [-0.3, -0.25) is 4.99 Å². The first kappa shape index (κ1) is 13.8. The molecule has 0 bridgehead atoms. The van der Waals surface area contributed by atoms with Crippen molar-refractivity contribution in [2.45, 2.75) is 47.5 Å². The van der Waals surface area contributed by atoms with Crippen molar-refractivity contribution < 1.29 is 0 Å². The molecular weight excluding hydrogens is 190 g/mol. The van der Waals surface area contributed by atoms with Crippen molar-refractivity contribution in [1.29, 1.82) is 0 Å². The van der Waals surface area contributed by atoms with Crippen LogP contribution in [-0.2, 0) is 0 Å². The highest BCUT2D eigenvalue weighted by Crippen LogP contribution is 2.28. The van der Waals surface area contributed by atoms with Crippen LogP contribution in [0.2, 0.25) is 0 Å². The van der Waals surface area contributed by atoms with E-state index in [1.807, 2.05) is 18.8 Å². The Bertz CT molecular complexity index is 226. The van der Waals surface area contributed by atoms with Crippen molar-refractivity contribution in [2.75, 3.05) is 7.05 Å². The molecule has 0 aliphatic heterocycles. The standard InChI is InChI=1S/C12H23NS/c1-7-10(5)11(8-2)14-12(13-6)9(3)4/h9H,7-8H2,1-6H3/b11-10-,13-12-. The van der Waals surface area contributed by atoms with Crippen molar-refractivity contribution in [3.63, 3.8) is 0 Å². The van der Waals surface area contributed by atoms with Crippen LogP contribution in [0.15, 0.2) is 15.5 Å². The molecule has 0 unspecified atom stereocenters. The zero-order valence-corrected chi connectivity index (χ0v) is 11.2. The summed E-state index contributed by atoms with van der Waals surface area (Å²) in [5.41, 5.74) is 1.50. The molecule has 2 heteroatoms. The van der Waals surface area contributed by atoms with E-state index in [0.717, 1.165) is 12.8 Å². The molecule has 0 aromatic rings. The highest BCUT2D eigenvalue weighted by molar-refractivity contribution is 8.17. The lowest BCUT2D eigenvalue weighted by molar-refractivity contribution is 0.897. The van der Waals surface area contributed by atoms with Crippen molar-refractivity contribution in [1.82, 2.24) is 0 Å². The Morgan fingerprint density at radius 3 is 2.07 bits per heavy atom. The Hall–Kier alpha value is -0.240. The molecule has 0 heterocycles. The monoisotopic (exact) mass is 213 g/mol. The quantitative estimate of drug-likeness (QED) is 0.495. The highest BCUT2D eigenvalue weighted by Gasteiger charge is 2.09. The summed E-state index contributed by atoms with van der Waals surface area (Å²) in [5.74, 6) is 0.538. The molecule has 0 N–H and O–H groups in total. The fourth-order valence-corrected chi connectivity index (χ4v) is 2.25. The lowest BCUT2D eigenvalue weighted by atomic mass is 10.2. The Kier molecular flexibility index (Phi) is 6.98. The maximum atomic E-state index is 4.34. The Labute approximate surface area is 93.1 Å². The van der Waals surface area contributed by atoms with Gasteiger partial charge in [-0.05, 0) is 24.7 Å². The normalized spacial score (nSPS) is 14.6. The van der Waals surface area contributed by atoms with Gasteiger partial charge in [-0.15, -0.1) is 0 Å². The summed E-state index contributed by atoms with van der Waals surface area (Å²) in [6.07, 6.45) is 2.27. The maximum absolute atomic E-state index is 4.34. The van der Waals surface area contributed by atoms with Gasteiger partial charge in [0.1, 0.15) is 0 Å². The molecule has 0 radical (unpaired) electrons. The fraction of sp³-hybridized carbons (Fsp3) is 0.750. The van der Waals surface area contributed by atoms with Crippen LogP contribution in [0.3, 0.4) is 0 Å². The number of nitrogens with zero attached hydrogens (tertiary/aromatic N) is 1. The molecule has 0 fully saturated rings. The number of rotatable bonds is 4. The van der Waals surface area contributed by atoms with Gasteiger partial charge in [-0.25, -0.2) is 0 Å². The molecule has 1 nitrogen and oxygen atoms in total. The molecule has 82 valence electrons. The van der Waals surface area contributed by atoms with Gasteiger partial charge in [0.05, 0.1) is 5.04 Å². The lowest BCUT2D eigenvalue weighted by Gasteiger charge is -2.13. The fourth-order valence-electron chi connectivity index (χ4n) is 1.21. The van der Waals surface area contributed by atoms with Crippen LogP contribution in [-0.4, -0.2) is 12.1 Å². The molecule has 0 saturated heterocycles. The van der Waals surface area contributed by atoms with Gasteiger partial charge >= 0.3 is 0 Å². The molecule has 0 aliphatic rings. The smallest absolute Gasteiger partial charge is 0.0742 e. The Morgan fingerprint density at radius 1 is 1.21 bits per heavy atom. The first-order chi connectivity index (χ1) is 6.56. The van der Waals surface area contributed by atoms with E-state index < -0.39 is 0 Å². The van der Waals surface area contributed by atoms with Gasteiger partial charge in [0.25, 0.3) is 0 Å². The summed E-state index contributed by atoms with van der Waals surface area (Å²) < 4.78 is 0. The Balaban J connectivity index is 4.62. The largest absolute Gasteiger partial charge is 0.286 e. The van der Waals surface area contributed by atoms with Crippen molar-refractivity contribution in [3.05, 3.63) is 10.5 Å². The Morgan fingerprint density at radius 2 is 1.79 bits per heavy atom. The topological polar surface area (TPSA) is 12.4 Å². The second-order valence-corrected chi connectivity index (χ2v) is 4.84. The average molecular weight is 213 g/mol. The highest BCUT2D eigenvalue weighted by atomic mass is 32.2. The van der Waals surface area contributed by atoms with Crippen LogP contribution in [0.25, 0.3) is 0 Å². The molecule has 0 aromatic carbocycles. The molecule has 0 aromatic heterocycles. The third-order valence-electron chi connectivity index (χ3n) is 2.27. The summed E-state index contributed by atoms with van der Waals surface area (Å²) in [6.45, 7) is 11.0. The summed E-state index contributed by atoms with van der Waals surface area (Å²) in [5, 5.41) is 1.25. The first-order valence-electron chi connectivity index (χ1n) is 5.39. The minimum atomic E-state index is 0.538. The van der Waals surface area contributed by atoms with Gasteiger partial charge in [0.2, 0.25) is 0 Å². The first-order valence-corrected chi connectivity index (χ1v) is 6.21. The summed E-state index contributed by atoms with van der Waals surface area (Å²) in [6, 6.07) is 0. The van der Waals surface area contributed by atoms with Crippen LogP contribution in [0.5, 0.6) is 0 Å². The zero-order chi connectivity index (χ0) is 11.1. The lowest BCUT2D eigenvalue weighted by Crippen LogP contribution is -2.03. The number of hydrogen-bond acceptors (Lipinski definition) is 2. The van der Waals surface area contributed by atoms with Crippen LogP contribution >= 0.6 is 11.8 Å². The van der Waals surface area contributed by atoms with E-state index in [0.29, 0.717) is 5.92 Å². The molecule has 0 amide bonds. The predicted molar refractivity (Wildman–Crippen MR) is 69.1 cm³/mol. The number of thioether (sulfide) groups is 1. The van der Waals surface area contributed by atoms with Gasteiger partial charge in [-0.2, -0.15) is 0 Å². The van der Waals surface area contributed by atoms with E-state index >= 15 is 0 Å². The minimum absolute atomic E-state index is 0.538. The zero-order valence-electron chi connectivity index (χ0n) is 10.3. The van der Waals surface area contributed by atoms with E-state index in [4.69, 9.17) is 0 Å².